The van der Waals surface area contributed by atoms with Gasteiger partial charge < -0.3 is 0 Å². The Hall–Kier alpha value is -3.52. The van der Waals surface area contributed by atoms with Crippen LogP contribution in [0.2, 0.25) is 13.1 Å². The summed E-state index contributed by atoms with van der Waals surface area (Å²) in [6.07, 6.45) is 7.12. The Balaban J connectivity index is 1.44. The molecule has 0 nitrogen and oxygen atoms in total. The zero-order valence-corrected chi connectivity index (χ0v) is 45.5. The van der Waals surface area contributed by atoms with E-state index >= 15 is 0 Å². The fourth-order valence-corrected chi connectivity index (χ4v) is 42.8. The van der Waals surface area contributed by atoms with Crippen molar-refractivity contribution in [3.05, 3.63) is 178 Å². The van der Waals surface area contributed by atoms with Gasteiger partial charge in [-0.05, 0) is 0 Å². The van der Waals surface area contributed by atoms with Gasteiger partial charge in [0, 0.05) is 0 Å². The van der Waals surface area contributed by atoms with Crippen LogP contribution in [-0.4, -0.2) is 5.92 Å². The van der Waals surface area contributed by atoms with Gasteiger partial charge in [-0.1, -0.05) is 0 Å². The number of rotatable bonds is 11. The van der Waals surface area contributed by atoms with Crippen molar-refractivity contribution < 1.29 is 15.6 Å². The molecule has 0 aromatic heterocycles. The summed E-state index contributed by atoms with van der Waals surface area (Å²) in [5.74, 6) is -0.941. The molecule has 0 fully saturated rings. The Morgan fingerprint density at radius 1 is 0.469 bits per heavy atom. The molecule has 4 heteroatoms. The normalized spacial score (nSPS) is 17.0. The number of fused-ring (bicyclic) bond motifs is 2. The average molecular weight is 980 g/mol. The molecule has 331 valence electrons. The van der Waals surface area contributed by atoms with Crippen LogP contribution in [0, 0.1) is 11.8 Å². The van der Waals surface area contributed by atoms with E-state index in [0.29, 0.717) is 11.8 Å². The van der Waals surface area contributed by atoms with E-state index in [1.54, 1.807) is 0 Å². The van der Waals surface area contributed by atoms with Gasteiger partial charge in [0.1, 0.15) is 0 Å². The number of halogens is 2. The van der Waals surface area contributed by atoms with Crippen molar-refractivity contribution in [2.75, 3.05) is 0 Å². The molecular formula is C60H69Cl2SiZr. The molecule has 0 N–H and O–H groups in total. The van der Waals surface area contributed by atoms with Crippen LogP contribution in [0.3, 0.4) is 0 Å². The molecular weight excluding hydrogens is 911 g/mol. The van der Waals surface area contributed by atoms with Crippen LogP contribution in [0.5, 0.6) is 0 Å². The molecule has 8 rings (SSSR count). The van der Waals surface area contributed by atoms with Gasteiger partial charge in [0.25, 0.3) is 0 Å². The van der Waals surface area contributed by atoms with E-state index in [9.17, 15) is 17.0 Å². The Morgan fingerprint density at radius 2 is 0.797 bits per heavy atom. The van der Waals surface area contributed by atoms with Crippen molar-refractivity contribution in [1.82, 2.24) is 0 Å². The minimum atomic E-state index is -5.21. The minimum absolute atomic E-state index is 0.000596. The van der Waals surface area contributed by atoms with E-state index in [1.165, 1.54) is 89.0 Å². The van der Waals surface area contributed by atoms with Gasteiger partial charge in [0.15, 0.2) is 0 Å². The van der Waals surface area contributed by atoms with Crippen molar-refractivity contribution in [3.63, 3.8) is 0 Å². The summed E-state index contributed by atoms with van der Waals surface area (Å²) in [7, 11) is 18.4. The number of allylic oxidation sites excluding steroid dienone is 2. The summed E-state index contributed by atoms with van der Waals surface area (Å²) < 4.78 is -0.00119. The maximum atomic E-state index is 9.22. The first-order valence-electron chi connectivity index (χ1n) is 23.8. The number of benzene rings is 6. The van der Waals surface area contributed by atoms with E-state index in [0.717, 1.165) is 12.8 Å². The molecule has 0 amide bonds. The van der Waals surface area contributed by atoms with Gasteiger partial charge in [0.05, 0.1) is 0 Å². The Morgan fingerprint density at radius 3 is 1.11 bits per heavy atom. The second kappa shape index (κ2) is 17.6. The molecule has 6 aromatic carbocycles. The van der Waals surface area contributed by atoms with Gasteiger partial charge in [-0.15, -0.1) is 0 Å². The quantitative estimate of drug-likeness (QED) is 0.114. The first-order chi connectivity index (χ1) is 30.2. The molecule has 0 radical (unpaired) electrons. The molecule has 6 aromatic rings. The van der Waals surface area contributed by atoms with Crippen molar-refractivity contribution in [2.24, 2.45) is 11.8 Å². The second-order valence-electron chi connectivity index (χ2n) is 22.2. The number of hydrogen-bond acceptors (Lipinski definition) is 0. The van der Waals surface area contributed by atoms with Crippen molar-refractivity contribution in [2.45, 2.75) is 113 Å². The fourth-order valence-electron chi connectivity index (χ4n) is 11.4. The molecule has 0 saturated carbocycles. The van der Waals surface area contributed by atoms with E-state index in [-0.39, 0.29) is 18.1 Å². The zero-order chi connectivity index (χ0) is 46.0. The first-order valence-corrected chi connectivity index (χ1v) is 40.2. The van der Waals surface area contributed by atoms with E-state index in [4.69, 9.17) is 0 Å². The van der Waals surface area contributed by atoms with Crippen LogP contribution in [0.1, 0.15) is 123 Å². The Labute approximate surface area is 395 Å². The zero-order valence-electron chi connectivity index (χ0n) is 40.4. The third-order valence-electron chi connectivity index (χ3n) is 14.3. The summed E-state index contributed by atoms with van der Waals surface area (Å²) >= 11 is -5.21. The summed E-state index contributed by atoms with van der Waals surface area (Å²) in [4.78, 5) is 0. The molecule has 64 heavy (non-hydrogen) atoms. The van der Waals surface area contributed by atoms with Crippen LogP contribution in [0.4, 0.5) is 0 Å². The summed E-state index contributed by atoms with van der Waals surface area (Å²) in [5, 5.41) is 0. The van der Waals surface area contributed by atoms with Gasteiger partial charge >= 0.3 is 398 Å². The predicted octanol–water partition coefficient (Wildman–Crippen LogP) is 18.6. The van der Waals surface area contributed by atoms with Crippen LogP contribution in [0.15, 0.2) is 145 Å². The van der Waals surface area contributed by atoms with Gasteiger partial charge in [0.2, 0.25) is 0 Å². The fraction of sp³-hybridized carbons (Fsp3) is 0.333. The molecule has 0 heterocycles. The average Bonchev–Trinajstić information content (AvgIpc) is 3.81. The summed E-state index contributed by atoms with van der Waals surface area (Å²) in [6, 6.07) is 49.8. The SMILES string of the molecule is CC(C)CC1=Cc2c(ccc(C(C)(C)C)c2-c2ccccc2-c2ccccc2)[CH]1[Zr]([Cl])([Cl])([CH]1C(CC(C)C)=Cc2c1ccc(C(C)(C)C)c2-c1ccccc1-c1ccccc1)[SiH](C)C. The third-order valence-corrected chi connectivity index (χ3v) is 66.1. The predicted molar refractivity (Wildman–Crippen MR) is 283 cm³/mol. The van der Waals surface area contributed by atoms with Crippen molar-refractivity contribution in [1.29, 1.82) is 0 Å². The van der Waals surface area contributed by atoms with Crippen LogP contribution >= 0.6 is 17.0 Å². The van der Waals surface area contributed by atoms with Crippen LogP contribution in [-0.2, 0) is 26.4 Å². The van der Waals surface area contributed by atoms with Gasteiger partial charge in [-0.3, -0.25) is 0 Å². The molecule has 0 spiro atoms. The Bertz CT molecular complexity index is 2570. The van der Waals surface area contributed by atoms with Crippen molar-refractivity contribution >= 4 is 35.1 Å². The van der Waals surface area contributed by atoms with E-state index < -0.39 is 21.5 Å². The molecule has 2 aliphatic carbocycles. The molecule has 2 aliphatic rings. The third kappa shape index (κ3) is 8.31. The standard InChI is InChI=1S/2C29H31.C2H7Si.2ClH.Zr/c2*1-20(2)17-21-18-23-15-16-27(29(3,4)5)28(26(23)19-21)25-14-10-9-13-24(25)22-11-7-6-8-12-22;1-3-2;;;/h2*6-16,18-20H,17H2,1-5H3;3H,1-2H3;2*1H;/q;;;;;+2/p-2. The molecule has 0 saturated heterocycles. The summed E-state index contributed by atoms with van der Waals surface area (Å²) in [5.41, 5.74) is 21.0. The molecule has 0 aliphatic heterocycles. The molecule has 2 unspecified atom stereocenters. The van der Waals surface area contributed by atoms with Gasteiger partial charge in [-0.2, -0.15) is 0 Å². The van der Waals surface area contributed by atoms with Crippen LogP contribution < -0.4 is 0 Å². The van der Waals surface area contributed by atoms with Gasteiger partial charge in [-0.25, -0.2) is 0 Å². The maximum absolute atomic E-state index is 9.22. The van der Waals surface area contributed by atoms with Crippen molar-refractivity contribution in [3.8, 4) is 44.5 Å². The second-order valence-corrected chi connectivity index (χ2v) is 64.7. The van der Waals surface area contributed by atoms with Crippen LogP contribution in [0.25, 0.3) is 56.7 Å². The van der Waals surface area contributed by atoms with E-state index in [2.05, 4.69) is 228 Å². The number of hydrogen-bond donors (Lipinski definition) is 0. The first kappa shape index (κ1) is 47.0. The Kier molecular flexibility index (Phi) is 12.9. The summed E-state index contributed by atoms with van der Waals surface area (Å²) in [6.45, 7) is 28.7. The molecule has 0 bridgehead atoms. The molecule has 2 atom stereocenters. The monoisotopic (exact) mass is 977 g/mol. The van der Waals surface area contributed by atoms with E-state index in [1.807, 2.05) is 0 Å². The topological polar surface area (TPSA) is 0 Å².